The number of unbranched alkanes of at least 4 members (excludes halogenated alkanes) is 15. The van der Waals surface area contributed by atoms with Gasteiger partial charge in [-0.25, -0.2) is 0 Å². The quantitative estimate of drug-likeness (QED) is 0.191. The van der Waals surface area contributed by atoms with Gasteiger partial charge in [0.1, 0.15) is 0 Å². The zero-order valence-corrected chi connectivity index (χ0v) is 18.0. The predicted molar refractivity (Wildman–Crippen MR) is 111 cm³/mol. The highest BCUT2D eigenvalue weighted by atomic mass is 28.3. The summed E-state index contributed by atoms with van der Waals surface area (Å²) in [6, 6.07) is 2.91. The van der Waals surface area contributed by atoms with Crippen molar-refractivity contribution in [1.29, 1.82) is 0 Å². The summed E-state index contributed by atoms with van der Waals surface area (Å²) < 4.78 is 5.94. The molecule has 0 spiro atoms. The molecule has 2 heteroatoms. The lowest BCUT2D eigenvalue weighted by molar-refractivity contribution is 0.285. The van der Waals surface area contributed by atoms with Gasteiger partial charge in [0, 0.05) is 6.61 Å². The largest absolute Gasteiger partial charge is 0.420 e. The van der Waals surface area contributed by atoms with Gasteiger partial charge >= 0.3 is 0 Å². The van der Waals surface area contributed by atoms with Crippen molar-refractivity contribution in [3.05, 3.63) is 0 Å². The van der Waals surface area contributed by atoms with Gasteiger partial charge in [0.05, 0.1) is 0 Å². The van der Waals surface area contributed by atoms with Gasteiger partial charge in [-0.1, -0.05) is 116 Å². The van der Waals surface area contributed by atoms with Crippen LogP contribution in [0.2, 0.25) is 12.1 Å². The monoisotopic (exact) mass is 354 g/mol. The van der Waals surface area contributed by atoms with Crippen LogP contribution in [0.15, 0.2) is 0 Å². The highest BCUT2D eigenvalue weighted by Gasteiger charge is 2.14. The number of rotatable bonds is 17. The molecule has 144 valence electrons. The zero-order valence-electron chi connectivity index (χ0n) is 16.8. The maximum Gasteiger partial charge on any atom is 0.176 e. The van der Waals surface area contributed by atoms with Crippen LogP contribution in [0, 0.1) is 0 Å². The Kier molecular flexibility index (Phi) is 16.6. The fourth-order valence-corrected chi connectivity index (χ4v) is 6.57. The van der Waals surface area contributed by atoms with Crippen LogP contribution in [0.3, 0.4) is 0 Å². The Balaban J connectivity index is 1.66. The summed E-state index contributed by atoms with van der Waals surface area (Å²) in [6.45, 7) is 3.38. The minimum atomic E-state index is -0.719. The van der Waals surface area contributed by atoms with Gasteiger partial charge in [-0.2, -0.15) is 0 Å². The molecule has 1 nitrogen and oxygen atoms in total. The third kappa shape index (κ3) is 14.5. The molecule has 1 aliphatic rings. The van der Waals surface area contributed by atoms with E-state index < -0.39 is 9.04 Å². The summed E-state index contributed by atoms with van der Waals surface area (Å²) in [5, 5.41) is 0. The number of hydrogen-bond acceptors (Lipinski definition) is 1. The van der Waals surface area contributed by atoms with Crippen molar-refractivity contribution in [2.45, 2.75) is 135 Å². The second-order valence-electron chi connectivity index (χ2n) is 8.08. The molecule has 1 saturated heterocycles. The molecule has 0 aromatic heterocycles. The van der Waals surface area contributed by atoms with Crippen LogP contribution in [-0.4, -0.2) is 15.6 Å². The number of hydrogen-bond donors (Lipinski definition) is 0. The van der Waals surface area contributed by atoms with Gasteiger partial charge in [-0.3, -0.25) is 0 Å². The summed E-state index contributed by atoms with van der Waals surface area (Å²) in [5.41, 5.74) is 0. The van der Waals surface area contributed by atoms with E-state index in [1.807, 2.05) is 0 Å². The molecule has 24 heavy (non-hydrogen) atoms. The van der Waals surface area contributed by atoms with E-state index in [2.05, 4.69) is 6.92 Å². The van der Waals surface area contributed by atoms with Crippen molar-refractivity contribution in [1.82, 2.24) is 0 Å². The smallest absolute Gasteiger partial charge is 0.176 e. The predicted octanol–water partition coefficient (Wildman–Crippen LogP) is 7.78. The topological polar surface area (TPSA) is 9.23 Å². The van der Waals surface area contributed by atoms with Gasteiger partial charge in [0.25, 0.3) is 0 Å². The molecule has 0 radical (unpaired) electrons. The van der Waals surface area contributed by atoms with E-state index >= 15 is 0 Å². The van der Waals surface area contributed by atoms with Gasteiger partial charge in [0.2, 0.25) is 0 Å². The Labute approximate surface area is 155 Å². The molecule has 1 heterocycles. The molecule has 1 unspecified atom stereocenters. The zero-order chi connectivity index (χ0) is 17.1. The van der Waals surface area contributed by atoms with Crippen LogP contribution in [0.4, 0.5) is 0 Å². The standard InChI is InChI=1S/C22H46OSi/c1-2-3-4-5-6-7-8-9-10-11-12-13-14-15-16-18-21-24-22-19-17-20-23-24/h24H,2-22H2,1H3. The minimum Gasteiger partial charge on any atom is -0.420 e. The lowest BCUT2D eigenvalue weighted by atomic mass is 10.0. The van der Waals surface area contributed by atoms with Crippen LogP contribution in [0.1, 0.15) is 122 Å². The van der Waals surface area contributed by atoms with Crippen molar-refractivity contribution in [2.75, 3.05) is 6.61 Å². The van der Waals surface area contributed by atoms with E-state index in [1.165, 1.54) is 128 Å². The highest BCUT2D eigenvalue weighted by Crippen LogP contribution is 2.18. The van der Waals surface area contributed by atoms with Crippen LogP contribution in [0.5, 0.6) is 0 Å². The van der Waals surface area contributed by atoms with Crippen molar-refractivity contribution in [3.63, 3.8) is 0 Å². The summed E-state index contributed by atoms with van der Waals surface area (Å²) >= 11 is 0. The van der Waals surface area contributed by atoms with Gasteiger partial charge in [-0.05, 0) is 18.5 Å². The van der Waals surface area contributed by atoms with E-state index in [1.54, 1.807) is 0 Å². The fraction of sp³-hybridized carbons (Fsp3) is 1.00. The highest BCUT2D eigenvalue weighted by molar-refractivity contribution is 6.51. The molecule has 1 aliphatic heterocycles. The van der Waals surface area contributed by atoms with Crippen molar-refractivity contribution >= 4 is 9.04 Å². The second-order valence-corrected chi connectivity index (χ2v) is 10.8. The van der Waals surface area contributed by atoms with Crippen molar-refractivity contribution < 1.29 is 4.43 Å². The molecular formula is C22H46OSi. The molecule has 1 fully saturated rings. The summed E-state index contributed by atoms with van der Waals surface area (Å²) in [4.78, 5) is 0. The van der Waals surface area contributed by atoms with E-state index in [0.717, 1.165) is 6.61 Å². The maximum atomic E-state index is 5.94. The third-order valence-corrected chi connectivity index (χ3v) is 8.47. The van der Waals surface area contributed by atoms with Crippen LogP contribution < -0.4 is 0 Å². The first kappa shape index (κ1) is 22.2. The van der Waals surface area contributed by atoms with E-state index in [0.29, 0.717) is 0 Å². The average Bonchev–Trinajstić information content (AvgIpc) is 2.62. The molecule has 0 aliphatic carbocycles. The van der Waals surface area contributed by atoms with E-state index in [4.69, 9.17) is 4.43 Å². The molecule has 0 aromatic rings. The molecule has 0 N–H and O–H groups in total. The van der Waals surface area contributed by atoms with E-state index in [-0.39, 0.29) is 0 Å². The molecule has 0 bridgehead atoms. The van der Waals surface area contributed by atoms with Crippen LogP contribution >= 0.6 is 0 Å². The Morgan fingerprint density at radius 1 is 0.583 bits per heavy atom. The fourth-order valence-electron chi connectivity index (χ4n) is 3.96. The molecule has 1 atom stereocenters. The lowest BCUT2D eigenvalue weighted by Crippen LogP contribution is -2.22. The summed E-state index contributed by atoms with van der Waals surface area (Å²) in [5.74, 6) is 0. The van der Waals surface area contributed by atoms with Gasteiger partial charge in [-0.15, -0.1) is 0 Å². The van der Waals surface area contributed by atoms with E-state index in [9.17, 15) is 0 Å². The Morgan fingerprint density at radius 2 is 1.04 bits per heavy atom. The molecule has 0 aromatic carbocycles. The molecule has 0 amide bonds. The molecular weight excluding hydrogens is 308 g/mol. The van der Waals surface area contributed by atoms with Crippen LogP contribution in [0.25, 0.3) is 0 Å². The Hall–Kier alpha value is 0.177. The van der Waals surface area contributed by atoms with Crippen LogP contribution in [-0.2, 0) is 4.43 Å². The Morgan fingerprint density at radius 3 is 1.46 bits per heavy atom. The van der Waals surface area contributed by atoms with Crippen molar-refractivity contribution in [3.8, 4) is 0 Å². The summed E-state index contributed by atoms with van der Waals surface area (Å²) in [7, 11) is -0.719. The lowest BCUT2D eigenvalue weighted by Gasteiger charge is -2.20. The first-order valence-electron chi connectivity index (χ1n) is 11.5. The van der Waals surface area contributed by atoms with Crippen molar-refractivity contribution in [2.24, 2.45) is 0 Å². The summed E-state index contributed by atoms with van der Waals surface area (Å²) in [6.07, 6.45) is 26.3. The normalized spacial score (nSPS) is 18.1. The molecule has 1 rings (SSSR count). The molecule has 0 saturated carbocycles. The maximum absolute atomic E-state index is 5.94. The Bertz CT molecular complexity index is 238. The second kappa shape index (κ2) is 18.0. The average molecular weight is 355 g/mol. The SMILES string of the molecule is CCCCCCCCCCCCCCCCCC[SiH]1CCCCO1. The first-order valence-corrected chi connectivity index (χ1v) is 13.7. The van der Waals surface area contributed by atoms with Gasteiger partial charge in [0.15, 0.2) is 9.04 Å². The minimum absolute atomic E-state index is 0.719. The third-order valence-electron chi connectivity index (χ3n) is 5.65. The van der Waals surface area contributed by atoms with Gasteiger partial charge < -0.3 is 4.43 Å². The first-order chi connectivity index (χ1) is 11.9.